The van der Waals surface area contributed by atoms with Gasteiger partial charge in [-0.3, -0.25) is 8.42 Å². The summed E-state index contributed by atoms with van der Waals surface area (Å²) in [6, 6.07) is 0. The fraction of sp³-hybridized carbons (Fsp3) is 1.00. The lowest BCUT2D eigenvalue weighted by molar-refractivity contribution is -0.916. The van der Waals surface area contributed by atoms with Crippen LogP contribution in [0, 0.1) is 0 Å². The first-order chi connectivity index (χ1) is 9.77. The second kappa shape index (κ2) is 7.87. The van der Waals surface area contributed by atoms with Crippen molar-refractivity contribution in [1.29, 1.82) is 0 Å². The van der Waals surface area contributed by atoms with E-state index in [1.807, 2.05) is 0 Å². The highest BCUT2D eigenvalue weighted by Crippen LogP contribution is 2.33. The van der Waals surface area contributed by atoms with Crippen molar-refractivity contribution in [3.05, 3.63) is 0 Å². The van der Waals surface area contributed by atoms with Gasteiger partial charge in [0.1, 0.15) is 0 Å². The van der Waals surface area contributed by atoms with Crippen LogP contribution in [0.15, 0.2) is 0 Å². The molecule has 0 unspecified atom stereocenters. The number of rotatable bonds is 5. The summed E-state index contributed by atoms with van der Waals surface area (Å²) in [7, 11) is -4.66. The first-order valence-corrected chi connectivity index (χ1v) is 8.22. The average Bonchev–Trinajstić information content (AvgIpc) is 2.75. The maximum atomic E-state index is 11.1. The molecule has 12 heteroatoms. The minimum atomic E-state index is -6.95. The van der Waals surface area contributed by atoms with E-state index in [1.54, 1.807) is 0 Å². The summed E-state index contributed by atoms with van der Waals surface area (Å²) in [5.41, 5.74) is -6.24. The third kappa shape index (κ3) is 6.33. The Morgan fingerprint density at radius 3 is 1.86 bits per heavy atom. The highest BCUT2D eigenvalue weighted by molar-refractivity contribution is 8.20. The topological polar surface area (TPSA) is 43.4 Å². The van der Waals surface area contributed by atoms with Crippen molar-refractivity contribution < 1.29 is 43.8 Å². The van der Waals surface area contributed by atoms with Gasteiger partial charge in [-0.25, -0.2) is 0 Å². The fourth-order valence-corrected chi connectivity index (χ4v) is 2.11. The van der Waals surface area contributed by atoms with Gasteiger partial charge in [-0.2, -0.15) is 13.2 Å². The Balaban J connectivity index is 0.000000401. The largest absolute Gasteiger partial charge is 0.616 e. The van der Waals surface area contributed by atoms with Crippen LogP contribution in [0.3, 0.4) is 0 Å². The molecule has 4 nitrogen and oxygen atoms in total. The molecule has 0 spiro atoms. The second-order valence-electron chi connectivity index (χ2n) is 5.32. The zero-order valence-electron chi connectivity index (χ0n) is 12.4. The van der Waals surface area contributed by atoms with Crippen molar-refractivity contribution in [2.24, 2.45) is 0 Å². The predicted octanol–water partition coefficient (Wildman–Crippen LogP) is 2.88. The molecule has 0 aromatic heterocycles. The smallest absolute Gasteiger partial charge is 0.436 e. The fourth-order valence-electron chi connectivity index (χ4n) is 1.81. The highest BCUT2D eigenvalue weighted by atomic mass is 32.2. The van der Waals surface area contributed by atoms with Crippen LogP contribution in [0.1, 0.15) is 26.2 Å². The predicted molar refractivity (Wildman–Crippen MR) is 70.3 cm³/mol. The Hall–Kier alpha value is -0.485. The van der Waals surface area contributed by atoms with E-state index < -0.39 is 21.5 Å². The number of nitrogens with zero attached hydrogens (tertiary/aromatic N) is 1. The van der Waals surface area contributed by atoms with Gasteiger partial charge in [-0.15, -0.1) is 0 Å². The molecule has 1 rings (SSSR count). The molecule has 1 heterocycles. The van der Waals surface area contributed by atoms with E-state index in [2.05, 4.69) is 14.0 Å². The molecule has 1 aliphatic heterocycles. The van der Waals surface area contributed by atoms with Crippen LogP contribution in [0.4, 0.5) is 26.1 Å². The van der Waals surface area contributed by atoms with E-state index in [0.29, 0.717) is 0 Å². The van der Waals surface area contributed by atoms with Gasteiger partial charge < -0.3 is 22.2 Å². The van der Waals surface area contributed by atoms with Gasteiger partial charge in [0.15, 0.2) is 6.73 Å². The van der Waals surface area contributed by atoms with Crippen LogP contribution in [-0.2, 0) is 14.4 Å². The molecule has 0 bridgehead atoms. The van der Waals surface area contributed by atoms with Gasteiger partial charge in [0.2, 0.25) is 9.69 Å². The Morgan fingerprint density at radius 1 is 1.14 bits per heavy atom. The number of alkyl halides is 3. The summed E-state index contributed by atoms with van der Waals surface area (Å²) in [6.07, 6.45) is -3.00. The molecule has 22 heavy (non-hydrogen) atoms. The molecule has 1 aliphatic rings. The van der Waals surface area contributed by atoms with E-state index in [1.165, 1.54) is 25.9 Å². The zero-order valence-corrected chi connectivity index (χ0v) is 13.2. The van der Waals surface area contributed by atoms with Gasteiger partial charge in [-0.1, -0.05) is 6.92 Å². The SMILES string of the molecule is CCCOC[N+]1(C)CCCC1.O=S(=O)([B-](F)(F)F)C(F)(F)F. The average molecular weight is 359 g/mol. The first kappa shape index (κ1) is 21.5. The standard InChI is InChI=1S/C9H20NO.CBF6O2S/c1-3-8-11-9-10(2)6-4-5-7-10;3-1(4,5)11(9,10)2(6,7)8/h3-9H2,1-2H3;/q+1;-1. The Morgan fingerprint density at radius 2 is 1.59 bits per heavy atom. The summed E-state index contributed by atoms with van der Waals surface area (Å²) in [5, 5.41) is 0. The number of hydrogen-bond acceptors (Lipinski definition) is 3. The lowest BCUT2D eigenvalue weighted by Crippen LogP contribution is -2.42. The summed E-state index contributed by atoms with van der Waals surface area (Å²) < 4.78 is 91.9. The van der Waals surface area contributed by atoms with Crippen LogP contribution in [0.2, 0.25) is 0 Å². The van der Waals surface area contributed by atoms with Gasteiger partial charge in [0, 0.05) is 12.8 Å². The maximum absolute atomic E-state index is 11.1. The van der Waals surface area contributed by atoms with Crippen LogP contribution < -0.4 is 0 Å². The van der Waals surface area contributed by atoms with E-state index in [4.69, 9.17) is 4.74 Å². The third-order valence-electron chi connectivity index (χ3n) is 3.07. The lowest BCUT2D eigenvalue weighted by Gasteiger charge is -2.28. The highest BCUT2D eigenvalue weighted by Gasteiger charge is 2.58. The molecule has 0 atom stereocenters. The number of hydrogen-bond donors (Lipinski definition) is 0. The molecule has 1 saturated heterocycles. The van der Waals surface area contributed by atoms with Crippen molar-refractivity contribution in [1.82, 2.24) is 0 Å². The van der Waals surface area contributed by atoms with Crippen molar-refractivity contribution in [3.8, 4) is 0 Å². The molecule has 0 aliphatic carbocycles. The van der Waals surface area contributed by atoms with Gasteiger partial charge in [0.05, 0.1) is 26.7 Å². The van der Waals surface area contributed by atoms with Crippen molar-refractivity contribution in [2.45, 2.75) is 31.7 Å². The molecule has 0 aromatic carbocycles. The molecule has 0 saturated carbocycles. The molecule has 0 amide bonds. The Kier molecular flexibility index (Phi) is 7.69. The number of quaternary nitrogens is 1. The number of ether oxygens (including phenoxy) is 1. The molecular formula is C10H20BF6NO3S. The second-order valence-corrected chi connectivity index (χ2v) is 7.40. The van der Waals surface area contributed by atoms with Crippen molar-refractivity contribution in [2.75, 3.05) is 33.5 Å². The normalized spacial score (nSPS) is 18.7. The van der Waals surface area contributed by atoms with Crippen molar-refractivity contribution in [3.63, 3.8) is 0 Å². The van der Waals surface area contributed by atoms with E-state index >= 15 is 0 Å². The van der Waals surface area contributed by atoms with Crippen LogP contribution in [0.5, 0.6) is 0 Å². The Labute approximate surface area is 125 Å². The number of likely N-dealkylation sites (tertiary alicyclic amines) is 1. The van der Waals surface area contributed by atoms with E-state index in [9.17, 15) is 34.5 Å². The summed E-state index contributed by atoms with van der Waals surface area (Å²) in [4.78, 5) is 0. The monoisotopic (exact) mass is 359 g/mol. The minimum absolute atomic E-state index is 0.924. The molecule has 134 valence electrons. The zero-order chi connectivity index (χ0) is 17.7. The quantitative estimate of drug-likeness (QED) is 0.328. The number of halogens is 6. The first-order valence-electron chi connectivity index (χ1n) is 6.68. The van der Waals surface area contributed by atoms with Crippen LogP contribution in [0.25, 0.3) is 0 Å². The van der Waals surface area contributed by atoms with Crippen LogP contribution in [-0.4, -0.2) is 58.1 Å². The molecular weight excluding hydrogens is 339 g/mol. The third-order valence-corrected chi connectivity index (χ3v) is 4.42. The molecule has 0 N–H and O–H groups in total. The Bertz CT molecular complexity index is 411. The van der Waals surface area contributed by atoms with Crippen LogP contribution >= 0.6 is 0 Å². The maximum Gasteiger partial charge on any atom is 0.616 e. The van der Waals surface area contributed by atoms with Gasteiger partial charge in [-0.05, 0) is 6.42 Å². The summed E-state index contributed by atoms with van der Waals surface area (Å²) in [6.45, 7) is 6.62. The molecule has 0 radical (unpaired) electrons. The minimum Gasteiger partial charge on any atom is -0.436 e. The molecule has 0 aromatic rings. The summed E-state index contributed by atoms with van der Waals surface area (Å²) in [5.74, 6) is 0. The molecule has 1 fully saturated rings. The van der Waals surface area contributed by atoms with Gasteiger partial charge >= 0.3 is 11.8 Å². The lowest BCUT2D eigenvalue weighted by atomic mass is 10.4. The van der Waals surface area contributed by atoms with Crippen molar-refractivity contribution >= 4 is 15.9 Å². The van der Waals surface area contributed by atoms with Gasteiger partial charge in [0.25, 0.3) is 0 Å². The van der Waals surface area contributed by atoms with E-state index in [-0.39, 0.29) is 0 Å². The van der Waals surface area contributed by atoms with E-state index in [0.717, 1.165) is 24.2 Å². The summed E-state index contributed by atoms with van der Waals surface area (Å²) >= 11 is 0.